The second-order valence-corrected chi connectivity index (χ2v) is 14.8. The lowest BCUT2D eigenvalue weighted by atomic mass is 9.96. The third-order valence-corrected chi connectivity index (χ3v) is 9.57. The van der Waals surface area contributed by atoms with Gasteiger partial charge >= 0.3 is 6.03 Å². The second kappa shape index (κ2) is 30.7. The number of fused-ring (bicyclic) bond motifs is 1. The van der Waals surface area contributed by atoms with Crippen LogP contribution in [0.1, 0.15) is 59.3 Å². The number of amides is 3. The minimum absolute atomic E-state index is 0.0123. The monoisotopic (exact) mass is 765 g/mol. The van der Waals surface area contributed by atoms with Gasteiger partial charge in [-0.2, -0.15) is 11.8 Å². The first-order valence-corrected chi connectivity index (χ1v) is 20.0. The molecular formula is C36H67N3O12S. The van der Waals surface area contributed by atoms with Crippen molar-refractivity contribution in [1.29, 1.82) is 0 Å². The fourth-order valence-electron chi connectivity index (χ4n) is 5.17. The Morgan fingerprint density at radius 1 is 0.615 bits per heavy atom. The highest BCUT2D eigenvalue weighted by atomic mass is 32.2. The fourth-order valence-corrected chi connectivity index (χ4v) is 6.71. The van der Waals surface area contributed by atoms with Crippen molar-refractivity contribution in [3.63, 3.8) is 0 Å². The van der Waals surface area contributed by atoms with Gasteiger partial charge in [-0.05, 0) is 19.3 Å². The van der Waals surface area contributed by atoms with E-state index in [1.165, 1.54) is 0 Å². The molecule has 0 aliphatic carbocycles. The smallest absolute Gasteiger partial charge is 0.315 e. The van der Waals surface area contributed by atoms with Gasteiger partial charge in [-0.15, -0.1) is 0 Å². The van der Waals surface area contributed by atoms with E-state index in [1.807, 2.05) is 32.5 Å². The summed E-state index contributed by atoms with van der Waals surface area (Å²) in [6, 6.07) is 0.442. The number of ether oxygens (including phenoxy) is 9. The van der Waals surface area contributed by atoms with Gasteiger partial charge in [-0.25, -0.2) is 4.79 Å². The van der Waals surface area contributed by atoms with E-state index in [9.17, 15) is 14.4 Å². The molecule has 3 atom stereocenters. The van der Waals surface area contributed by atoms with Gasteiger partial charge < -0.3 is 58.6 Å². The summed E-state index contributed by atoms with van der Waals surface area (Å²) < 4.78 is 49.4. The van der Waals surface area contributed by atoms with E-state index in [4.69, 9.17) is 42.6 Å². The first kappa shape index (κ1) is 46.6. The lowest BCUT2D eigenvalue weighted by molar-refractivity contribution is -0.128. The molecule has 0 bridgehead atoms. The minimum atomic E-state index is -0.391. The van der Waals surface area contributed by atoms with Crippen LogP contribution in [-0.2, 0) is 52.2 Å². The molecule has 0 aromatic heterocycles. The number of urea groups is 1. The molecule has 304 valence electrons. The number of hydrogen-bond acceptors (Lipinski definition) is 13. The number of carbonyl (C=O) groups is 3. The molecule has 3 N–H and O–H groups in total. The molecular weight excluding hydrogens is 698 g/mol. The van der Waals surface area contributed by atoms with Gasteiger partial charge in [0.2, 0.25) is 5.91 Å². The van der Waals surface area contributed by atoms with Gasteiger partial charge in [-0.1, -0.05) is 27.2 Å². The van der Waals surface area contributed by atoms with E-state index in [1.54, 1.807) is 0 Å². The summed E-state index contributed by atoms with van der Waals surface area (Å²) in [5.74, 6) is 1.27. The zero-order valence-electron chi connectivity index (χ0n) is 31.9. The Hall–Kier alpha value is -1.60. The topological polar surface area (TPSA) is 170 Å². The van der Waals surface area contributed by atoms with Crippen LogP contribution in [0, 0.1) is 5.41 Å². The third kappa shape index (κ3) is 24.7. The molecule has 2 heterocycles. The van der Waals surface area contributed by atoms with Crippen molar-refractivity contribution < 1.29 is 57.0 Å². The van der Waals surface area contributed by atoms with Crippen LogP contribution >= 0.6 is 11.8 Å². The summed E-state index contributed by atoms with van der Waals surface area (Å²) in [4.78, 5) is 35.3. The maximum atomic E-state index is 12.1. The quantitative estimate of drug-likeness (QED) is 0.0629. The Morgan fingerprint density at radius 3 is 1.50 bits per heavy atom. The highest BCUT2D eigenvalue weighted by molar-refractivity contribution is 8.00. The fraction of sp³-hybridized carbons (Fsp3) is 0.917. The number of Topliss-reactive ketones (excluding diaryl/α,β-unsaturated/α-hetero) is 1. The average Bonchev–Trinajstić information content (AvgIpc) is 3.67. The first-order valence-electron chi connectivity index (χ1n) is 19.0. The highest BCUT2D eigenvalue weighted by Gasteiger charge is 2.42. The zero-order chi connectivity index (χ0) is 37.5. The first-order chi connectivity index (χ1) is 25.3. The second-order valence-electron chi connectivity index (χ2n) is 13.5. The van der Waals surface area contributed by atoms with Crippen molar-refractivity contribution in [1.82, 2.24) is 16.0 Å². The van der Waals surface area contributed by atoms with Crippen LogP contribution in [0.2, 0.25) is 0 Å². The molecule has 3 amide bonds. The Labute approximate surface area is 315 Å². The van der Waals surface area contributed by atoms with Crippen molar-refractivity contribution in [2.45, 2.75) is 76.6 Å². The average molecular weight is 766 g/mol. The molecule has 0 radical (unpaired) electrons. The number of nitrogens with one attached hydrogen (secondary N) is 3. The molecule has 0 saturated carbocycles. The van der Waals surface area contributed by atoms with E-state index in [2.05, 4.69) is 16.0 Å². The van der Waals surface area contributed by atoms with Gasteiger partial charge in [0.25, 0.3) is 0 Å². The van der Waals surface area contributed by atoms with Crippen molar-refractivity contribution in [2.75, 3.05) is 131 Å². The van der Waals surface area contributed by atoms with Crippen molar-refractivity contribution in [2.24, 2.45) is 5.41 Å². The van der Waals surface area contributed by atoms with E-state index < -0.39 is 5.41 Å². The molecule has 0 spiro atoms. The largest absolute Gasteiger partial charge is 0.379 e. The van der Waals surface area contributed by atoms with Crippen LogP contribution < -0.4 is 16.0 Å². The lowest BCUT2D eigenvalue weighted by Gasteiger charge is -2.17. The normalized spacial score (nSPS) is 18.4. The molecule has 2 saturated heterocycles. The number of hydrogen-bond donors (Lipinski definition) is 3. The van der Waals surface area contributed by atoms with Crippen molar-refractivity contribution in [3.05, 3.63) is 0 Å². The lowest BCUT2D eigenvalue weighted by Crippen LogP contribution is -2.36. The van der Waals surface area contributed by atoms with E-state index in [-0.39, 0.29) is 24.0 Å². The van der Waals surface area contributed by atoms with Gasteiger partial charge in [-0.3, -0.25) is 9.59 Å². The summed E-state index contributed by atoms with van der Waals surface area (Å²) in [7, 11) is 0. The summed E-state index contributed by atoms with van der Waals surface area (Å²) in [6.45, 7) is 15.0. The molecule has 2 aliphatic rings. The Morgan fingerprint density at radius 2 is 1.04 bits per heavy atom. The molecule has 2 aliphatic heterocycles. The zero-order valence-corrected chi connectivity index (χ0v) is 32.7. The van der Waals surface area contributed by atoms with E-state index >= 15 is 0 Å². The minimum Gasteiger partial charge on any atom is -0.379 e. The predicted octanol–water partition coefficient (Wildman–Crippen LogP) is 2.37. The van der Waals surface area contributed by atoms with E-state index in [0.717, 1.165) is 31.4 Å². The van der Waals surface area contributed by atoms with Gasteiger partial charge in [0.15, 0.2) is 0 Å². The Balaban J connectivity index is 1.16. The molecule has 0 aromatic carbocycles. The number of unbranched alkanes of at least 4 members (excludes halogenated alkanes) is 1. The standard InChI is InChI=1S/C36H67N3O12S/c1-36(2,3)34(41)37-10-12-44-14-16-46-18-20-48-22-24-50-26-28-51-27-25-49-23-21-47-19-17-45-15-13-43-11-6-8-30(40)7-4-5-9-32-33-31(29-52-32)38-35(42)39-33/h31-33H,4-29H2,1-3H3,(H,37,41)(H2,38,39,42)/t31-,32-,33-/m0/s1. The highest BCUT2D eigenvalue weighted by Crippen LogP contribution is 2.33. The van der Waals surface area contributed by atoms with Crippen LogP contribution in [0.15, 0.2) is 0 Å². The van der Waals surface area contributed by atoms with Crippen LogP contribution in [0.3, 0.4) is 0 Å². The molecule has 2 fully saturated rings. The van der Waals surface area contributed by atoms with Crippen LogP contribution in [0.4, 0.5) is 4.79 Å². The van der Waals surface area contributed by atoms with Crippen LogP contribution in [0.5, 0.6) is 0 Å². The van der Waals surface area contributed by atoms with Gasteiger partial charge in [0.05, 0.1) is 124 Å². The van der Waals surface area contributed by atoms with E-state index in [0.29, 0.717) is 149 Å². The summed E-state index contributed by atoms with van der Waals surface area (Å²) in [6.07, 6.45) is 4.86. The molecule has 15 nitrogen and oxygen atoms in total. The summed E-state index contributed by atoms with van der Waals surface area (Å²) in [5.41, 5.74) is -0.391. The van der Waals surface area contributed by atoms with Gasteiger partial charge in [0, 0.05) is 42.4 Å². The van der Waals surface area contributed by atoms with Crippen LogP contribution in [0.25, 0.3) is 0 Å². The molecule has 16 heteroatoms. The molecule has 2 rings (SSSR count). The summed E-state index contributed by atoms with van der Waals surface area (Å²) >= 11 is 1.92. The number of ketones is 1. The molecule has 52 heavy (non-hydrogen) atoms. The van der Waals surface area contributed by atoms with Crippen LogP contribution in [-0.4, -0.2) is 166 Å². The Bertz CT molecular complexity index is 929. The SMILES string of the molecule is CC(C)(C)C(=O)NCCOCCOCCOCCOCCOCCOCCOCCOCCOCCCC(=O)CCCC[C@@H]1SC[C@@H]2NC(=O)N[C@@H]21. The molecule has 0 unspecified atom stereocenters. The maximum Gasteiger partial charge on any atom is 0.315 e. The Kier molecular flexibility index (Phi) is 27.5. The number of rotatable bonds is 36. The molecule has 0 aromatic rings. The predicted molar refractivity (Wildman–Crippen MR) is 198 cm³/mol. The van der Waals surface area contributed by atoms with Crippen molar-refractivity contribution in [3.8, 4) is 0 Å². The maximum absolute atomic E-state index is 12.1. The number of carbonyl (C=O) groups excluding carboxylic acids is 3. The third-order valence-electron chi connectivity index (χ3n) is 8.07. The van der Waals surface area contributed by atoms with Crippen molar-refractivity contribution >= 4 is 29.5 Å². The number of thioether (sulfide) groups is 1. The van der Waals surface area contributed by atoms with Gasteiger partial charge in [0.1, 0.15) is 5.78 Å². The summed E-state index contributed by atoms with van der Waals surface area (Å²) in [5, 5.41) is 9.27.